The van der Waals surface area contributed by atoms with Crippen molar-refractivity contribution in [1.29, 1.82) is 0 Å². The number of carbonyl (C=O) groups is 3. The number of aryl methyl sites for hydroxylation is 1. The number of anilines is 1. The Morgan fingerprint density at radius 3 is 2.00 bits per heavy atom. The standard InChI is InChI=1S/C28H31FN6O2.C18H16ClN5O3.ClH/c1-16-5-6-20(29)12-18(16)11-17(2)31-22-7-8-30-27(36)25(22)26-32-23-13-19-15-35(10-9-34(3)4)28(37)21(19)14-24(23)33-26;1-23(2)5-6-24-17(26)9-7-12-13(8-10(9)18(24)27)22-15(21-12)14-11(19)3-4-20-16(14)25;/h5-8,12-14,17H,9-11,15H2,1-4H3,(H,32,33)(H2,30,31,36);3-4,7-8H,5-6H2,1-2H3,(H,20,25)(H,21,22);1H/t17-;;/m0../s1. The Bertz CT molecular complexity index is 3050. The summed E-state index contributed by atoms with van der Waals surface area (Å²) in [4.78, 5) is 90.9. The van der Waals surface area contributed by atoms with E-state index in [1.807, 2.05) is 64.0 Å². The lowest BCUT2D eigenvalue weighted by atomic mass is 10.0. The number of hydrogen-bond acceptors (Lipinski definition) is 10. The van der Waals surface area contributed by atoms with Crippen molar-refractivity contribution < 1.29 is 18.8 Å². The highest BCUT2D eigenvalue weighted by Crippen LogP contribution is 2.32. The second-order valence-corrected chi connectivity index (χ2v) is 17.1. The third-order valence-corrected chi connectivity index (χ3v) is 11.6. The van der Waals surface area contributed by atoms with Crippen LogP contribution in [0.15, 0.2) is 76.6 Å². The van der Waals surface area contributed by atoms with Crippen molar-refractivity contribution in [3.05, 3.63) is 132 Å². The summed E-state index contributed by atoms with van der Waals surface area (Å²) in [5, 5.41) is 3.66. The van der Waals surface area contributed by atoms with Gasteiger partial charge >= 0.3 is 0 Å². The van der Waals surface area contributed by atoms with E-state index in [4.69, 9.17) is 11.6 Å². The van der Waals surface area contributed by atoms with E-state index in [2.05, 4.69) is 40.1 Å². The van der Waals surface area contributed by atoms with Gasteiger partial charge in [-0.2, -0.15) is 0 Å². The minimum Gasteiger partial charge on any atom is -0.381 e. The molecule has 0 bridgehead atoms. The van der Waals surface area contributed by atoms with Crippen LogP contribution in [0.5, 0.6) is 0 Å². The van der Waals surface area contributed by atoms with Gasteiger partial charge in [-0.15, -0.1) is 12.4 Å². The molecular formula is C46H48Cl2FN11O5. The van der Waals surface area contributed by atoms with Crippen molar-refractivity contribution in [2.45, 2.75) is 32.9 Å². The van der Waals surface area contributed by atoms with Gasteiger partial charge in [0.25, 0.3) is 28.8 Å². The predicted octanol–water partition coefficient (Wildman–Crippen LogP) is 6.08. The molecule has 6 heterocycles. The molecule has 3 amide bonds. The molecule has 1 atom stereocenters. The van der Waals surface area contributed by atoms with Gasteiger partial charge in [-0.3, -0.25) is 28.9 Å². The summed E-state index contributed by atoms with van der Waals surface area (Å²) in [5.74, 6) is -0.217. The van der Waals surface area contributed by atoms with Crippen molar-refractivity contribution in [2.24, 2.45) is 0 Å². The largest absolute Gasteiger partial charge is 0.381 e. The third-order valence-electron chi connectivity index (χ3n) is 11.3. The number of rotatable bonds is 12. The molecule has 338 valence electrons. The first kappa shape index (κ1) is 46.3. The smallest absolute Gasteiger partial charge is 0.261 e. The highest BCUT2D eigenvalue weighted by molar-refractivity contribution is 6.33. The topological polar surface area (TPSA) is 199 Å². The summed E-state index contributed by atoms with van der Waals surface area (Å²) in [6.45, 7) is 6.87. The maximum atomic E-state index is 13.8. The molecule has 4 aromatic heterocycles. The summed E-state index contributed by atoms with van der Waals surface area (Å²) in [7, 11) is 7.73. The Labute approximate surface area is 383 Å². The number of H-pyrrole nitrogens is 4. The molecule has 0 spiro atoms. The number of imidazole rings is 2. The molecule has 0 aliphatic carbocycles. The average molecular weight is 925 g/mol. The number of benzene rings is 3. The Balaban J connectivity index is 0.000000200. The summed E-state index contributed by atoms with van der Waals surface area (Å²) in [6, 6.07) is 15.0. The Morgan fingerprint density at radius 2 is 1.34 bits per heavy atom. The number of pyridine rings is 2. The molecule has 3 aromatic carbocycles. The fourth-order valence-corrected chi connectivity index (χ4v) is 8.17. The Hall–Kier alpha value is -6.66. The molecule has 7 aromatic rings. The molecule has 5 N–H and O–H groups in total. The summed E-state index contributed by atoms with van der Waals surface area (Å²) in [6.07, 6.45) is 3.63. The third kappa shape index (κ3) is 9.45. The lowest BCUT2D eigenvalue weighted by molar-refractivity contribution is 0.0644. The van der Waals surface area contributed by atoms with Gasteiger partial charge < -0.3 is 40.0 Å². The average Bonchev–Trinajstić information content (AvgIpc) is 3.98. The van der Waals surface area contributed by atoms with E-state index in [-0.39, 0.29) is 69.5 Å². The Kier molecular flexibility index (Phi) is 13.4. The van der Waals surface area contributed by atoms with Crippen LogP contribution in [0.3, 0.4) is 0 Å². The van der Waals surface area contributed by atoms with E-state index < -0.39 is 0 Å². The molecule has 65 heavy (non-hydrogen) atoms. The molecule has 0 unspecified atom stereocenters. The molecule has 9 rings (SSSR count). The van der Waals surface area contributed by atoms with Crippen molar-refractivity contribution in [1.82, 2.24) is 49.5 Å². The molecule has 0 saturated heterocycles. The summed E-state index contributed by atoms with van der Waals surface area (Å²) in [5.41, 5.74) is 7.19. The number of carbonyl (C=O) groups excluding carboxylic acids is 3. The monoisotopic (exact) mass is 923 g/mol. The number of hydrogen-bond donors (Lipinski definition) is 5. The quantitative estimate of drug-likeness (QED) is 0.0896. The molecule has 0 radical (unpaired) electrons. The van der Waals surface area contributed by atoms with Crippen LogP contribution >= 0.6 is 24.0 Å². The van der Waals surface area contributed by atoms with Crippen LogP contribution < -0.4 is 16.4 Å². The van der Waals surface area contributed by atoms with Crippen LogP contribution in [-0.2, 0) is 13.0 Å². The van der Waals surface area contributed by atoms with Crippen LogP contribution in [0, 0.1) is 12.7 Å². The SMILES string of the molecule is CN(C)CCN1C(=O)c2cc3nc(-c4c(Cl)cc[nH]c4=O)[nH]c3cc2C1=O.Cc1ccc(F)cc1C[C@H](C)Nc1cc[nH]c(=O)c1-c1nc2cc3c(cc2[nH]1)CN(CCN(C)C)C3=O.Cl. The van der Waals surface area contributed by atoms with Gasteiger partial charge in [0, 0.05) is 56.7 Å². The van der Waals surface area contributed by atoms with Crippen molar-refractivity contribution in [2.75, 3.05) is 59.7 Å². The molecule has 0 fully saturated rings. The molecule has 2 aliphatic rings. The zero-order chi connectivity index (χ0) is 45.6. The molecule has 19 heteroatoms. The first-order valence-electron chi connectivity index (χ1n) is 20.7. The van der Waals surface area contributed by atoms with E-state index >= 15 is 0 Å². The van der Waals surface area contributed by atoms with Crippen molar-refractivity contribution in [3.8, 4) is 22.8 Å². The van der Waals surface area contributed by atoms with Gasteiger partial charge in [-0.1, -0.05) is 17.7 Å². The van der Waals surface area contributed by atoms with Gasteiger partial charge in [0.05, 0.1) is 43.9 Å². The van der Waals surface area contributed by atoms with Gasteiger partial charge in [-0.05, 0) is 114 Å². The minimum atomic E-state index is -0.379. The number of halogens is 3. The number of aromatic amines is 4. The van der Waals surface area contributed by atoms with Crippen LogP contribution in [-0.4, -0.2) is 128 Å². The van der Waals surface area contributed by atoms with Gasteiger partial charge in [0.1, 0.15) is 28.6 Å². The first-order valence-corrected chi connectivity index (χ1v) is 21.1. The molecule has 16 nitrogen and oxygen atoms in total. The molecular weight excluding hydrogens is 876 g/mol. The predicted molar refractivity (Wildman–Crippen MR) is 252 cm³/mol. The number of aromatic nitrogens is 6. The van der Waals surface area contributed by atoms with Gasteiger partial charge in [-0.25, -0.2) is 14.4 Å². The highest BCUT2D eigenvalue weighted by Gasteiger charge is 2.36. The number of nitrogens with zero attached hydrogens (tertiary/aromatic N) is 6. The second kappa shape index (κ2) is 18.8. The van der Waals surface area contributed by atoms with Gasteiger partial charge in [0.15, 0.2) is 0 Å². The number of likely N-dealkylation sites (N-methyl/N-ethyl adjacent to an activating group) is 2. The second-order valence-electron chi connectivity index (χ2n) is 16.7. The van der Waals surface area contributed by atoms with E-state index in [1.54, 1.807) is 42.6 Å². The van der Waals surface area contributed by atoms with E-state index in [1.165, 1.54) is 17.2 Å². The van der Waals surface area contributed by atoms with Crippen LogP contribution in [0.4, 0.5) is 10.1 Å². The lowest BCUT2D eigenvalue weighted by Crippen LogP contribution is -2.35. The fraction of sp³-hybridized carbons (Fsp3) is 0.283. The zero-order valence-electron chi connectivity index (χ0n) is 36.6. The van der Waals surface area contributed by atoms with E-state index in [9.17, 15) is 28.4 Å². The normalized spacial score (nSPS) is 13.7. The Morgan fingerprint density at radius 1 is 0.754 bits per heavy atom. The number of imide groups is 1. The molecule has 2 aliphatic heterocycles. The van der Waals surface area contributed by atoms with Crippen molar-refractivity contribution >= 4 is 69.5 Å². The number of fused-ring (bicyclic) bond motifs is 4. The van der Waals surface area contributed by atoms with Gasteiger partial charge in [0.2, 0.25) is 0 Å². The van der Waals surface area contributed by atoms with E-state index in [0.717, 1.165) is 28.8 Å². The van der Waals surface area contributed by atoms with E-state index in [0.29, 0.717) is 82.9 Å². The highest BCUT2D eigenvalue weighted by atomic mass is 35.5. The van der Waals surface area contributed by atoms with Crippen LogP contribution in [0.1, 0.15) is 54.7 Å². The van der Waals surface area contributed by atoms with Crippen LogP contribution in [0.25, 0.3) is 44.8 Å². The maximum absolute atomic E-state index is 13.8. The number of amides is 3. The maximum Gasteiger partial charge on any atom is 0.261 e. The first-order chi connectivity index (χ1) is 30.6. The summed E-state index contributed by atoms with van der Waals surface area (Å²) >= 11 is 6.12. The van der Waals surface area contributed by atoms with Crippen molar-refractivity contribution in [3.63, 3.8) is 0 Å². The minimum absolute atomic E-state index is 0. The number of nitrogens with one attached hydrogen (secondary N) is 5. The van der Waals surface area contributed by atoms with Crippen LogP contribution in [0.2, 0.25) is 5.02 Å². The molecule has 0 saturated carbocycles. The lowest BCUT2D eigenvalue weighted by Gasteiger charge is -2.18. The fourth-order valence-electron chi connectivity index (χ4n) is 7.93. The summed E-state index contributed by atoms with van der Waals surface area (Å²) < 4.78 is 13.8. The zero-order valence-corrected chi connectivity index (χ0v) is 38.1.